The van der Waals surface area contributed by atoms with E-state index in [-0.39, 0.29) is 12.5 Å². The highest BCUT2D eigenvalue weighted by atomic mass is 35.5. The van der Waals surface area contributed by atoms with Gasteiger partial charge in [0, 0.05) is 31.5 Å². The number of hydrogen-bond acceptors (Lipinski definition) is 6. The van der Waals surface area contributed by atoms with Crippen LogP contribution in [0.1, 0.15) is 18.5 Å². The van der Waals surface area contributed by atoms with E-state index in [0.717, 1.165) is 25.2 Å². The van der Waals surface area contributed by atoms with Gasteiger partial charge < -0.3 is 20.7 Å². The number of anilines is 2. The van der Waals surface area contributed by atoms with Crippen molar-refractivity contribution >= 4 is 34.8 Å². The van der Waals surface area contributed by atoms with Crippen LogP contribution in [-0.2, 0) is 19.7 Å². The first-order chi connectivity index (χ1) is 15.5. The Morgan fingerprint density at radius 2 is 2.00 bits per heavy atom. The number of halogens is 1. The van der Waals surface area contributed by atoms with Crippen molar-refractivity contribution in [2.75, 3.05) is 56.2 Å². The number of amides is 2. The molecule has 1 aromatic heterocycles. The fraction of sp³-hybridized carbons (Fsp3) is 0.435. The van der Waals surface area contributed by atoms with Gasteiger partial charge in [0.15, 0.2) is 0 Å². The first kappa shape index (κ1) is 22.5. The van der Waals surface area contributed by atoms with E-state index < -0.39 is 11.3 Å². The van der Waals surface area contributed by atoms with E-state index in [0.29, 0.717) is 49.1 Å². The lowest BCUT2D eigenvalue weighted by Crippen LogP contribution is -2.55. The molecule has 8 nitrogen and oxygen atoms in total. The van der Waals surface area contributed by atoms with Crippen LogP contribution < -0.4 is 16.0 Å². The number of carbonyl (C=O) groups excluding carboxylic acids is 2. The summed E-state index contributed by atoms with van der Waals surface area (Å²) in [6.45, 7) is 4.17. The van der Waals surface area contributed by atoms with Gasteiger partial charge in [-0.25, -0.2) is 0 Å². The predicted octanol–water partition coefficient (Wildman–Crippen LogP) is 2.03. The van der Waals surface area contributed by atoms with Gasteiger partial charge in [-0.15, -0.1) is 0 Å². The number of nitrogens with one attached hydrogen (secondary N) is 1. The van der Waals surface area contributed by atoms with Crippen LogP contribution in [0.15, 0.2) is 42.6 Å². The molecule has 2 aliphatic rings. The second kappa shape index (κ2) is 9.85. The number of primary amides is 1. The largest absolute Gasteiger partial charge is 0.378 e. The minimum absolute atomic E-state index is 0.157. The van der Waals surface area contributed by atoms with Crippen molar-refractivity contribution in [1.29, 1.82) is 0 Å². The zero-order chi connectivity index (χ0) is 22.6. The van der Waals surface area contributed by atoms with Gasteiger partial charge in [-0.05, 0) is 49.7 Å². The third-order valence-electron chi connectivity index (χ3n) is 6.15. The first-order valence-corrected chi connectivity index (χ1v) is 11.2. The third-order valence-corrected chi connectivity index (χ3v) is 6.45. The molecule has 32 heavy (non-hydrogen) atoms. The molecule has 0 bridgehead atoms. The molecule has 0 spiro atoms. The van der Waals surface area contributed by atoms with Gasteiger partial charge in [-0.1, -0.05) is 17.7 Å². The summed E-state index contributed by atoms with van der Waals surface area (Å²) in [4.78, 5) is 33.7. The Bertz CT molecular complexity index is 967. The number of morpholine rings is 1. The third kappa shape index (κ3) is 4.87. The minimum Gasteiger partial charge on any atom is -0.378 e. The van der Waals surface area contributed by atoms with E-state index in [1.54, 1.807) is 12.3 Å². The molecule has 2 aliphatic heterocycles. The number of benzene rings is 1. The predicted molar refractivity (Wildman–Crippen MR) is 124 cm³/mol. The number of rotatable bonds is 6. The molecule has 170 valence electrons. The van der Waals surface area contributed by atoms with Crippen LogP contribution in [-0.4, -0.2) is 67.6 Å². The Kier molecular flexibility index (Phi) is 6.93. The molecule has 4 rings (SSSR count). The maximum atomic E-state index is 12.7. The molecule has 2 amide bonds. The van der Waals surface area contributed by atoms with Gasteiger partial charge in [0.25, 0.3) is 0 Å². The van der Waals surface area contributed by atoms with Gasteiger partial charge in [0.1, 0.15) is 5.41 Å². The second-order valence-corrected chi connectivity index (χ2v) is 8.70. The van der Waals surface area contributed by atoms with Crippen LogP contribution in [0.4, 0.5) is 11.4 Å². The maximum absolute atomic E-state index is 12.7. The van der Waals surface area contributed by atoms with Gasteiger partial charge in [-0.3, -0.25) is 19.5 Å². The number of likely N-dealkylation sites (tertiary alicyclic amines) is 1. The van der Waals surface area contributed by atoms with Crippen LogP contribution in [0.25, 0.3) is 0 Å². The summed E-state index contributed by atoms with van der Waals surface area (Å²) in [5, 5.41) is 3.50. The highest BCUT2D eigenvalue weighted by Gasteiger charge is 2.43. The molecule has 1 atom stereocenters. The number of aromatic nitrogens is 1. The zero-order valence-corrected chi connectivity index (χ0v) is 18.7. The first-order valence-electron chi connectivity index (χ1n) is 10.8. The van der Waals surface area contributed by atoms with E-state index in [9.17, 15) is 9.59 Å². The minimum atomic E-state index is -0.886. The van der Waals surface area contributed by atoms with Gasteiger partial charge in [0.05, 0.1) is 36.2 Å². The van der Waals surface area contributed by atoms with Crippen LogP contribution in [0.3, 0.4) is 0 Å². The molecule has 0 radical (unpaired) electrons. The average Bonchev–Trinajstić information content (AvgIpc) is 2.80. The SMILES string of the molecule is NC(=O)C1(c2ccccn2)CCCN(CC(=O)Nc2ccc(N3CCOCC3)c(Cl)c2)C1. The molecular formula is C23H28ClN5O3. The zero-order valence-electron chi connectivity index (χ0n) is 17.9. The lowest BCUT2D eigenvalue weighted by atomic mass is 9.76. The number of nitrogens with zero attached hydrogens (tertiary/aromatic N) is 3. The van der Waals surface area contributed by atoms with Crippen LogP contribution in [0, 0.1) is 0 Å². The molecule has 2 saturated heterocycles. The van der Waals surface area contributed by atoms with E-state index in [2.05, 4.69) is 15.2 Å². The lowest BCUT2D eigenvalue weighted by molar-refractivity contribution is -0.127. The number of ether oxygens (including phenoxy) is 1. The average molecular weight is 458 g/mol. The number of nitrogens with two attached hydrogens (primary N) is 1. The maximum Gasteiger partial charge on any atom is 0.238 e. The Labute approximate surface area is 192 Å². The molecular weight excluding hydrogens is 430 g/mol. The van der Waals surface area contributed by atoms with Crippen molar-refractivity contribution < 1.29 is 14.3 Å². The summed E-state index contributed by atoms with van der Waals surface area (Å²) in [7, 11) is 0. The van der Waals surface area contributed by atoms with Gasteiger partial charge >= 0.3 is 0 Å². The van der Waals surface area contributed by atoms with Crippen molar-refractivity contribution in [2.24, 2.45) is 5.73 Å². The molecule has 3 N–H and O–H groups in total. The normalized spacial score (nSPS) is 21.8. The number of carbonyl (C=O) groups is 2. The van der Waals surface area contributed by atoms with Gasteiger partial charge in [0.2, 0.25) is 11.8 Å². The summed E-state index contributed by atoms with van der Waals surface area (Å²) in [6, 6.07) is 11.0. The van der Waals surface area contributed by atoms with Crippen LogP contribution >= 0.6 is 11.6 Å². The highest BCUT2D eigenvalue weighted by Crippen LogP contribution is 2.33. The Morgan fingerprint density at radius 3 is 2.69 bits per heavy atom. The Hall–Kier alpha value is -2.68. The Balaban J connectivity index is 1.40. The number of hydrogen-bond donors (Lipinski definition) is 2. The van der Waals surface area contributed by atoms with Crippen molar-refractivity contribution in [3.8, 4) is 0 Å². The molecule has 2 aromatic rings. The smallest absolute Gasteiger partial charge is 0.238 e. The van der Waals surface area contributed by atoms with E-state index >= 15 is 0 Å². The summed E-state index contributed by atoms with van der Waals surface area (Å²) >= 11 is 6.48. The fourth-order valence-electron chi connectivity index (χ4n) is 4.51. The summed E-state index contributed by atoms with van der Waals surface area (Å²) < 4.78 is 5.39. The highest BCUT2D eigenvalue weighted by molar-refractivity contribution is 6.33. The van der Waals surface area contributed by atoms with E-state index in [4.69, 9.17) is 22.1 Å². The van der Waals surface area contributed by atoms with Crippen molar-refractivity contribution in [3.63, 3.8) is 0 Å². The van der Waals surface area contributed by atoms with Crippen molar-refractivity contribution in [2.45, 2.75) is 18.3 Å². The molecule has 1 unspecified atom stereocenters. The number of piperidine rings is 1. The van der Waals surface area contributed by atoms with E-state index in [1.807, 2.05) is 35.2 Å². The van der Waals surface area contributed by atoms with Gasteiger partial charge in [-0.2, -0.15) is 0 Å². The fourth-order valence-corrected chi connectivity index (χ4v) is 4.81. The van der Waals surface area contributed by atoms with Crippen molar-refractivity contribution in [1.82, 2.24) is 9.88 Å². The van der Waals surface area contributed by atoms with E-state index in [1.165, 1.54) is 0 Å². The lowest BCUT2D eigenvalue weighted by Gasteiger charge is -2.40. The molecule has 1 aromatic carbocycles. The molecule has 3 heterocycles. The summed E-state index contributed by atoms with van der Waals surface area (Å²) in [5.74, 6) is -0.576. The summed E-state index contributed by atoms with van der Waals surface area (Å²) in [6.07, 6.45) is 3.04. The second-order valence-electron chi connectivity index (χ2n) is 8.29. The quantitative estimate of drug-likeness (QED) is 0.688. The molecule has 2 fully saturated rings. The topological polar surface area (TPSA) is 101 Å². The Morgan fingerprint density at radius 1 is 1.19 bits per heavy atom. The van der Waals surface area contributed by atoms with Crippen LogP contribution in [0.5, 0.6) is 0 Å². The molecule has 9 heteroatoms. The molecule has 0 aliphatic carbocycles. The standard InChI is InChI=1S/C23H28ClN5O3/c24-18-14-17(5-6-19(18)29-10-12-32-13-11-29)27-21(30)15-28-9-3-7-23(16-28,22(25)31)20-4-1-2-8-26-20/h1-2,4-6,8,14H,3,7,9-13,15-16H2,(H2,25,31)(H,27,30). The number of pyridine rings is 1. The molecule has 0 saturated carbocycles. The van der Waals surface area contributed by atoms with Crippen molar-refractivity contribution in [3.05, 3.63) is 53.3 Å². The summed E-state index contributed by atoms with van der Waals surface area (Å²) in [5.41, 5.74) is 7.15. The van der Waals surface area contributed by atoms with Crippen LogP contribution in [0.2, 0.25) is 5.02 Å². The monoisotopic (exact) mass is 457 g/mol.